The molecular formula is C14H15N3OS2. The van der Waals surface area contributed by atoms with Crippen LogP contribution in [0.1, 0.15) is 6.42 Å². The molecule has 20 heavy (non-hydrogen) atoms. The third kappa shape index (κ3) is 3.26. The van der Waals surface area contributed by atoms with Gasteiger partial charge < -0.3 is 4.74 Å². The van der Waals surface area contributed by atoms with E-state index in [0.717, 1.165) is 17.7 Å². The molecule has 3 heterocycles. The molecule has 0 saturated heterocycles. The molecule has 0 N–H and O–H groups in total. The fourth-order valence-electron chi connectivity index (χ4n) is 1.89. The van der Waals surface area contributed by atoms with Gasteiger partial charge >= 0.3 is 0 Å². The van der Waals surface area contributed by atoms with E-state index in [4.69, 9.17) is 4.74 Å². The first kappa shape index (κ1) is 13.3. The first-order chi connectivity index (χ1) is 9.93. The quantitative estimate of drug-likeness (QED) is 0.656. The van der Waals surface area contributed by atoms with Crippen LogP contribution in [0.4, 0.5) is 0 Å². The SMILES string of the molecule is C1=C[SH](CCCOc2nsnc2-c2cccnc2)C=C1. The molecule has 0 spiro atoms. The molecule has 0 aromatic carbocycles. The van der Waals surface area contributed by atoms with E-state index >= 15 is 0 Å². The molecular weight excluding hydrogens is 290 g/mol. The lowest BCUT2D eigenvalue weighted by Crippen LogP contribution is -2.01. The van der Waals surface area contributed by atoms with E-state index in [1.165, 1.54) is 17.5 Å². The summed E-state index contributed by atoms with van der Waals surface area (Å²) in [5.41, 5.74) is 1.73. The van der Waals surface area contributed by atoms with Crippen molar-refractivity contribution >= 4 is 22.6 Å². The van der Waals surface area contributed by atoms with Crippen LogP contribution < -0.4 is 4.74 Å². The summed E-state index contributed by atoms with van der Waals surface area (Å²) >= 11 is 1.17. The predicted octanol–water partition coefficient (Wildman–Crippen LogP) is 3.41. The zero-order chi connectivity index (χ0) is 13.6. The Labute approximate surface area is 124 Å². The molecule has 6 heteroatoms. The number of aromatic nitrogens is 3. The Morgan fingerprint density at radius 3 is 2.90 bits per heavy atom. The van der Waals surface area contributed by atoms with Crippen LogP contribution in [0, 0.1) is 0 Å². The fourth-order valence-corrected chi connectivity index (χ4v) is 3.94. The van der Waals surface area contributed by atoms with Gasteiger partial charge in [0, 0.05) is 18.0 Å². The highest BCUT2D eigenvalue weighted by atomic mass is 32.2. The molecule has 0 fully saturated rings. The maximum atomic E-state index is 5.76. The average Bonchev–Trinajstić information content (AvgIpc) is 3.16. The maximum absolute atomic E-state index is 5.76. The monoisotopic (exact) mass is 305 g/mol. The summed E-state index contributed by atoms with van der Waals surface area (Å²) in [7, 11) is -0.0502. The van der Waals surface area contributed by atoms with Gasteiger partial charge in [0.15, 0.2) is 0 Å². The third-order valence-electron chi connectivity index (χ3n) is 2.86. The Morgan fingerprint density at radius 1 is 1.20 bits per heavy atom. The van der Waals surface area contributed by atoms with Gasteiger partial charge in [0.2, 0.25) is 0 Å². The highest BCUT2D eigenvalue weighted by Gasteiger charge is 2.11. The van der Waals surface area contributed by atoms with Crippen LogP contribution in [0.25, 0.3) is 11.3 Å². The summed E-state index contributed by atoms with van der Waals surface area (Å²) in [5.74, 6) is 1.79. The van der Waals surface area contributed by atoms with Crippen LogP contribution in [0.3, 0.4) is 0 Å². The molecule has 1 aliphatic heterocycles. The molecule has 0 atom stereocenters. The van der Waals surface area contributed by atoms with Crippen LogP contribution in [-0.4, -0.2) is 26.1 Å². The molecule has 104 valence electrons. The molecule has 4 nitrogen and oxygen atoms in total. The van der Waals surface area contributed by atoms with Crippen LogP contribution >= 0.6 is 22.6 Å². The van der Waals surface area contributed by atoms with E-state index < -0.39 is 0 Å². The number of pyridine rings is 1. The van der Waals surface area contributed by atoms with E-state index in [1.807, 2.05) is 12.1 Å². The topological polar surface area (TPSA) is 47.9 Å². The molecule has 0 unspecified atom stereocenters. The van der Waals surface area contributed by atoms with Crippen molar-refractivity contribution in [1.82, 2.24) is 13.7 Å². The molecule has 0 saturated carbocycles. The zero-order valence-corrected chi connectivity index (χ0v) is 12.6. The van der Waals surface area contributed by atoms with Crippen molar-refractivity contribution in [2.75, 3.05) is 12.4 Å². The molecule has 2 aromatic heterocycles. The number of allylic oxidation sites excluding steroid dienone is 2. The second-order valence-corrected chi connectivity index (χ2v) is 6.88. The van der Waals surface area contributed by atoms with Gasteiger partial charge in [-0.25, -0.2) is 10.9 Å². The van der Waals surface area contributed by atoms with Gasteiger partial charge in [-0.05, 0) is 35.1 Å². The van der Waals surface area contributed by atoms with Crippen molar-refractivity contribution < 1.29 is 4.74 Å². The summed E-state index contributed by atoms with van der Waals surface area (Å²) < 4.78 is 14.3. The lowest BCUT2D eigenvalue weighted by Gasteiger charge is -2.09. The summed E-state index contributed by atoms with van der Waals surface area (Å²) in [5, 5.41) is 4.56. The van der Waals surface area contributed by atoms with Gasteiger partial charge in [-0.15, -0.1) is 4.37 Å². The zero-order valence-electron chi connectivity index (χ0n) is 10.8. The van der Waals surface area contributed by atoms with Gasteiger partial charge in [0.25, 0.3) is 5.88 Å². The second kappa shape index (κ2) is 6.67. The van der Waals surface area contributed by atoms with Gasteiger partial charge in [0.1, 0.15) is 5.69 Å². The van der Waals surface area contributed by atoms with Crippen molar-refractivity contribution in [3.05, 3.63) is 47.5 Å². The smallest absolute Gasteiger partial charge is 0.254 e. The van der Waals surface area contributed by atoms with Crippen molar-refractivity contribution in [2.24, 2.45) is 0 Å². The summed E-state index contributed by atoms with van der Waals surface area (Å²) in [6, 6.07) is 3.85. The van der Waals surface area contributed by atoms with Gasteiger partial charge in [0.05, 0.1) is 18.3 Å². The van der Waals surface area contributed by atoms with Gasteiger partial charge in [-0.3, -0.25) is 4.98 Å². The number of hydrogen-bond donors (Lipinski definition) is 1. The van der Waals surface area contributed by atoms with Crippen LogP contribution in [0.15, 0.2) is 47.5 Å². The Hall–Kier alpha value is -1.66. The summed E-state index contributed by atoms with van der Waals surface area (Å²) in [6.07, 6.45) is 8.80. The fraction of sp³-hybridized carbons (Fsp3) is 0.214. The largest absolute Gasteiger partial charge is 0.475 e. The highest BCUT2D eigenvalue weighted by Crippen LogP contribution is 2.33. The van der Waals surface area contributed by atoms with Crippen molar-refractivity contribution in [1.29, 1.82) is 0 Å². The van der Waals surface area contributed by atoms with Crippen LogP contribution in [-0.2, 0) is 0 Å². The molecule has 0 amide bonds. The van der Waals surface area contributed by atoms with Gasteiger partial charge in [-0.2, -0.15) is 4.37 Å². The average molecular weight is 305 g/mol. The maximum Gasteiger partial charge on any atom is 0.254 e. The Kier molecular flexibility index (Phi) is 4.45. The molecule has 1 aliphatic rings. The normalized spacial score (nSPS) is 14.9. The Balaban J connectivity index is 1.54. The predicted molar refractivity (Wildman–Crippen MR) is 85.4 cm³/mol. The number of nitrogens with zero attached hydrogens (tertiary/aromatic N) is 3. The minimum absolute atomic E-state index is 0.0502. The number of hydrogen-bond acceptors (Lipinski definition) is 5. The third-order valence-corrected chi connectivity index (χ3v) is 5.31. The molecule has 2 aromatic rings. The molecule has 3 rings (SSSR count). The number of thiol groups is 1. The molecule has 0 radical (unpaired) electrons. The van der Waals surface area contributed by atoms with E-state index in [0.29, 0.717) is 12.5 Å². The minimum atomic E-state index is -0.0502. The Bertz CT molecular complexity index is 598. The summed E-state index contributed by atoms with van der Waals surface area (Å²) in [6.45, 7) is 0.680. The first-order valence-electron chi connectivity index (χ1n) is 6.40. The molecule has 0 bridgehead atoms. The van der Waals surface area contributed by atoms with Crippen molar-refractivity contribution in [3.8, 4) is 17.1 Å². The first-order valence-corrected chi connectivity index (χ1v) is 8.79. The van der Waals surface area contributed by atoms with Gasteiger partial charge in [-0.1, -0.05) is 12.2 Å². The standard InChI is InChI=1S/C14H15N3OS2/c1-2-9-20(8-1)10-4-7-18-14-13(16-19-17-14)12-5-3-6-15-11-12/h1-3,5-6,8-9,11,20H,4,7,10H2. The van der Waals surface area contributed by atoms with E-state index in [1.54, 1.807) is 12.4 Å². The van der Waals surface area contributed by atoms with E-state index in [9.17, 15) is 0 Å². The van der Waals surface area contributed by atoms with Crippen molar-refractivity contribution in [2.45, 2.75) is 6.42 Å². The van der Waals surface area contributed by atoms with E-state index in [2.05, 4.69) is 36.7 Å². The molecule has 0 aliphatic carbocycles. The second-order valence-electron chi connectivity index (χ2n) is 4.28. The lowest BCUT2D eigenvalue weighted by atomic mass is 10.2. The minimum Gasteiger partial charge on any atom is -0.475 e. The Morgan fingerprint density at radius 2 is 2.10 bits per heavy atom. The highest BCUT2D eigenvalue weighted by molar-refractivity contribution is 8.22. The number of rotatable bonds is 6. The summed E-state index contributed by atoms with van der Waals surface area (Å²) in [4.78, 5) is 4.10. The number of ether oxygens (including phenoxy) is 1. The lowest BCUT2D eigenvalue weighted by molar-refractivity contribution is 0.310. The van der Waals surface area contributed by atoms with Crippen LogP contribution in [0.5, 0.6) is 5.88 Å². The van der Waals surface area contributed by atoms with E-state index in [-0.39, 0.29) is 10.9 Å². The van der Waals surface area contributed by atoms with Crippen LogP contribution in [0.2, 0.25) is 0 Å². The van der Waals surface area contributed by atoms with Crippen molar-refractivity contribution in [3.63, 3.8) is 0 Å².